The van der Waals surface area contributed by atoms with Gasteiger partial charge in [0.1, 0.15) is 53.5 Å². The molecule has 8 atom stereocenters. The average Bonchev–Trinajstić information content (AvgIpc) is 3.60. The van der Waals surface area contributed by atoms with Crippen molar-refractivity contribution in [1.82, 2.24) is 19.5 Å². The van der Waals surface area contributed by atoms with Crippen molar-refractivity contribution in [3.63, 3.8) is 0 Å². The Bertz CT molecular complexity index is 1660. The van der Waals surface area contributed by atoms with E-state index < -0.39 is 68.2 Å². The van der Waals surface area contributed by atoms with Crippen LogP contribution in [0.1, 0.15) is 45.8 Å². The molecule has 2 aliphatic carbocycles. The Balaban J connectivity index is 0.000000251. The SMILES string of the molecule is CC1(C)[C@H]2CC[C@]1(CS(=O)(=O)O)C(=O)C2.C[S+](CC[C@H](N)C(=O)O)C[C@H]1O[C@@H](n2cnc3c(N)ncnc32)[C@H](O)[C@@H]1O.O=S(=O)([O-])[O-]. The molecular formula is C25H39N6O13S3-. The molecule has 2 bridgehead atoms. The van der Waals surface area contributed by atoms with E-state index in [1.54, 1.807) is 0 Å². The highest BCUT2D eigenvalue weighted by Gasteiger charge is 2.65. The first-order valence-corrected chi connectivity index (χ1v) is 19.1. The maximum absolute atomic E-state index is 11.9. The second-order valence-electron chi connectivity index (χ2n) is 12.3. The van der Waals surface area contributed by atoms with Gasteiger partial charge in [-0.05, 0) is 35.1 Å². The number of aliphatic carboxylic acids is 1. The van der Waals surface area contributed by atoms with Gasteiger partial charge in [-0.2, -0.15) is 8.42 Å². The first-order chi connectivity index (χ1) is 21.5. The number of nitrogen functional groups attached to an aromatic ring is 1. The van der Waals surface area contributed by atoms with Crippen molar-refractivity contribution < 1.29 is 60.1 Å². The smallest absolute Gasteiger partial charge is 0.320 e. The van der Waals surface area contributed by atoms with Crippen molar-refractivity contribution in [2.45, 2.75) is 70.1 Å². The first kappa shape index (κ1) is 38.9. The van der Waals surface area contributed by atoms with Crippen LogP contribution >= 0.6 is 0 Å². The third kappa shape index (κ3) is 9.13. The second-order valence-corrected chi connectivity index (χ2v) is 16.9. The Morgan fingerprint density at radius 1 is 1.19 bits per heavy atom. The van der Waals surface area contributed by atoms with Crippen molar-refractivity contribution in [1.29, 1.82) is 0 Å². The standard InChI is InChI=1S/C15H22N6O5S.C10H16O4S.H2O4S/c1-27(3-2-7(16)15(24)25)4-8-10(22)11(23)14(26-8)21-6-20-9-12(17)18-5-19-13(9)21;1-9(2)7-3-4-10(9,8(11)5-7)6-15(12,13)14;1-5(2,3)4/h5-8,10-11,14,22-23H,2-4,16H2,1H3,(H2-,17,18,19,24,25);7H,3-6H2,1-2H3,(H,12,13,14);(H2,1,2,3,4)/p-1/t7-,8+,10+,11+,14+,27?;7-,10-;/m00./s1. The number of anilines is 1. The summed E-state index contributed by atoms with van der Waals surface area (Å²) < 4.78 is 72.5. The van der Waals surface area contributed by atoms with E-state index in [1.165, 1.54) is 17.2 Å². The monoisotopic (exact) mass is 727 g/mol. The first-order valence-electron chi connectivity index (χ1n) is 14.2. The molecule has 0 aromatic carbocycles. The summed E-state index contributed by atoms with van der Waals surface area (Å²) in [6.07, 6.45) is 3.28. The van der Waals surface area contributed by atoms with Gasteiger partial charge in [0.05, 0.1) is 23.8 Å². The zero-order valence-electron chi connectivity index (χ0n) is 25.7. The molecule has 22 heteroatoms. The molecule has 2 saturated carbocycles. The molecule has 1 unspecified atom stereocenters. The third-order valence-corrected chi connectivity index (χ3v) is 11.8. The van der Waals surface area contributed by atoms with Crippen LogP contribution in [0.4, 0.5) is 5.82 Å². The van der Waals surface area contributed by atoms with Crippen LogP contribution in [-0.2, 0) is 45.7 Å². The van der Waals surface area contributed by atoms with Gasteiger partial charge in [0, 0.05) is 23.2 Å². The predicted octanol–water partition coefficient (Wildman–Crippen LogP) is -1.99. The topological polar surface area (TPSA) is 334 Å². The summed E-state index contributed by atoms with van der Waals surface area (Å²) in [5.74, 6) is 0.153. The molecule has 1 saturated heterocycles. The van der Waals surface area contributed by atoms with Crippen LogP contribution in [0.2, 0.25) is 0 Å². The second kappa shape index (κ2) is 14.5. The molecule has 47 heavy (non-hydrogen) atoms. The summed E-state index contributed by atoms with van der Waals surface area (Å²) in [6.45, 7) is 3.89. The zero-order valence-corrected chi connectivity index (χ0v) is 28.1. The summed E-state index contributed by atoms with van der Waals surface area (Å²) in [6, 6.07) is -0.907. The number of hydrogen-bond donors (Lipinski definition) is 6. The summed E-state index contributed by atoms with van der Waals surface area (Å²) in [7, 11) is -9.48. The van der Waals surface area contributed by atoms with E-state index in [4.69, 9.17) is 43.4 Å². The number of aliphatic hydroxyl groups is 2. The molecule has 3 fully saturated rings. The van der Waals surface area contributed by atoms with Gasteiger partial charge in [0.25, 0.3) is 10.1 Å². The number of nitrogens with two attached hydrogens (primary N) is 2. The molecule has 266 valence electrons. The Kier molecular flexibility index (Phi) is 12.0. The van der Waals surface area contributed by atoms with Crippen LogP contribution in [0.25, 0.3) is 11.2 Å². The fourth-order valence-corrected chi connectivity index (χ4v) is 9.35. The number of carbonyl (C=O) groups excluding carboxylic acids is 1. The summed E-state index contributed by atoms with van der Waals surface area (Å²) >= 11 is 0. The van der Waals surface area contributed by atoms with E-state index >= 15 is 0 Å². The predicted molar refractivity (Wildman–Crippen MR) is 164 cm³/mol. The molecule has 0 spiro atoms. The summed E-state index contributed by atoms with van der Waals surface area (Å²) in [5.41, 5.74) is 11.0. The summed E-state index contributed by atoms with van der Waals surface area (Å²) in [4.78, 5) is 34.8. The zero-order chi connectivity index (χ0) is 35.7. The minimum atomic E-state index is -5.17. The number of rotatable bonds is 9. The van der Waals surface area contributed by atoms with Crippen molar-refractivity contribution >= 4 is 60.1 Å². The van der Waals surface area contributed by atoms with E-state index in [0.717, 1.165) is 6.42 Å². The van der Waals surface area contributed by atoms with Crippen LogP contribution in [0.5, 0.6) is 0 Å². The number of ketones is 1. The lowest BCUT2D eigenvalue weighted by Gasteiger charge is -2.35. The number of carbonyl (C=O) groups is 2. The maximum atomic E-state index is 11.9. The lowest BCUT2D eigenvalue weighted by molar-refractivity contribution is -0.138. The van der Waals surface area contributed by atoms with Gasteiger partial charge in [-0.3, -0.25) is 27.1 Å². The van der Waals surface area contributed by atoms with E-state index in [-0.39, 0.29) is 33.8 Å². The van der Waals surface area contributed by atoms with Gasteiger partial charge in [-0.1, -0.05) is 13.8 Å². The Hall–Kier alpha value is -2.54. The lowest BCUT2D eigenvalue weighted by atomic mass is 9.70. The van der Waals surface area contributed by atoms with Crippen molar-refractivity contribution in [3.8, 4) is 0 Å². The van der Waals surface area contributed by atoms with E-state index in [0.29, 0.717) is 41.9 Å². The number of imidazole rings is 1. The van der Waals surface area contributed by atoms with Gasteiger partial charge in [0.15, 0.2) is 17.7 Å². The lowest BCUT2D eigenvalue weighted by Crippen LogP contribution is -2.42. The molecule has 19 nitrogen and oxygen atoms in total. The van der Waals surface area contributed by atoms with Crippen molar-refractivity contribution in [2.24, 2.45) is 22.5 Å². The number of aromatic nitrogens is 4. The number of carboxylic acid groups (broad SMARTS) is 1. The quantitative estimate of drug-likeness (QED) is 0.0924. The van der Waals surface area contributed by atoms with Crippen LogP contribution < -0.4 is 11.5 Å². The Labute approximate surface area is 273 Å². The third-order valence-electron chi connectivity index (χ3n) is 9.11. The number of hydrogen-bond acceptors (Lipinski definition) is 16. The molecule has 3 aliphatic rings. The van der Waals surface area contributed by atoms with Crippen LogP contribution in [0, 0.1) is 16.7 Å². The van der Waals surface area contributed by atoms with Gasteiger partial charge < -0.3 is 40.6 Å². The fourth-order valence-electron chi connectivity index (χ4n) is 6.39. The number of fused-ring (bicyclic) bond motifs is 3. The van der Waals surface area contributed by atoms with Gasteiger partial charge in [-0.25, -0.2) is 15.0 Å². The van der Waals surface area contributed by atoms with Gasteiger partial charge in [0.2, 0.25) is 0 Å². The molecule has 0 amide bonds. The molecule has 8 N–H and O–H groups in total. The molecule has 3 heterocycles. The number of nitrogens with zero attached hydrogens (tertiary/aromatic N) is 4. The largest absolute Gasteiger partial charge is 0.759 e. The van der Waals surface area contributed by atoms with E-state index in [2.05, 4.69) is 15.0 Å². The molecule has 1 aliphatic heterocycles. The average molecular weight is 728 g/mol. The Morgan fingerprint density at radius 2 is 1.81 bits per heavy atom. The van der Waals surface area contributed by atoms with E-state index in [9.17, 15) is 28.2 Å². The molecular weight excluding hydrogens is 689 g/mol. The highest BCUT2D eigenvalue weighted by molar-refractivity contribution is 7.96. The highest BCUT2D eigenvalue weighted by Crippen LogP contribution is 2.64. The minimum Gasteiger partial charge on any atom is -0.759 e. The maximum Gasteiger partial charge on any atom is 0.320 e. The van der Waals surface area contributed by atoms with Gasteiger partial charge in [-0.15, -0.1) is 0 Å². The molecule has 2 aromatic heterocycles. The number of carboxylic acids is 1. The number of ether oxygens (including phenoxy) is 1. The van der Waals surface area contributed by atoms with Crippen molar-refractivity contribution in [3.05, 3.63) is 12.7 Å². The molecule has 5 rings (SSSR count). The summed E-state index contributed by atoms with van der Waals surface area (Å²) in [5, 5.41) is 29.7. The fraction of sp³-hybridized carbons (Fsp3) is 0.720. The van der Waals surface area contributed by atoms with Crippen LogP contribution in [0.3, 0.4) is 0 Å². The highest BCUT2D eigenvalue weighted by atomic mass is 32.3. The van der Waals surface area contributed by atoms with E-state index in [1.807, 2.05) is 20.1 Å². The number of aliphatic hydroxyl groups excluding tert-OH is 2. The van der Waals surface area contributed by atoms with Gasteiger partial charge >= 0.3 is 5.97 Å². The number of Topliss-reactive ketones (excluding diaryl/α,β-unsaturated/α-hetero) is 1. The Morgan fingerprint density at radius 3 is 2.32 bits per heavy atom. The van der Waals surface area contributed by atoms with Crippen LogP contribution in [-0.4, -0.2) is 125 Å². The molecule has 0 radical (unpaired) electrons. The van der Waals surface area contributed by atoms with Crippen LogP contribution in [0.15, 0.2) is 12.7 Å². The van der Waals surface area contributed by atoms with Crippen molar-refractivity contribution in [2.75, 3.05) is 29.2 Å². The minimum absolute atomic E-state index is 0.0152. The molecule has 2 aromatic rings. The normalized spacial score (nSPS) is 29.5.